The smallest absolute Gasteiger partial charge is 0.236 e. The Balaban J connectivity index is 2.57. The molecule has 0 spiro atoms. The van der Waals surface area contributed by atoms with E-state index in [-0.39, 0.29) is 18.0 Å². The zero-order valence-electron chi connectivity index (χ0n) is 8.82. The summed E-state index contributed by atoms with van der Waals surface area (Å²) in [6, 6.07) is 0.0356. The quantitative estimate of drug-likeness (QED) is 0.598. The number of amides is 1. The number of nitrogens with two attached hydrogens (primary N) is 1. The van der Waals surface area contributed by atoms with Gasteiger partial charge in [-0.25, -0.2) is 0 Å². The van der Waals surface area contributed by atoms with Crippen LogP contribution in [0.1, 0.15) is 6.92 Å². The lowest BCUT2D eigenvalue weighted by molar-refractivity contribution is -0.125. The summed E-state index contributed by atoms with van der Waals surface area (Å²) in [6.45, 7) is 5.06. The van der Waals surface area contributed by atoms with E-state index in [1.54, 1.807) is 7.11 Å². The summed E-state index contributed by atoms with van der Waals surface area (Å²) in [5.74, 6) is -0.264. The van der Waals surface area contributed by atoms with Crippen LogP contribution in [-0.2, 0) is 9.53 Å². The molecule has 1 amide bonds. The summed E-state index contributed by atoms with van der Waals surface area (Å²) in [7, 11) is 1.66. The average Bonchev–Trinajstić information content (AvgIpc) is 2.18. The molecular formula is C9H19N3O2. The van der Waals surface area contributed by atoms with Gasteiger partial charge in [-0.15, -0.1) is 0 Å². The first-order valence-corrected chi connectivity index (χ1v) is 4.91. The summed E-state index contributed by atoms with van der Waals surface area (Å²) in [5.41, 5.74) is 5.33. The van der Waals surface area contributed by atoms with Crippen LogP contribution in [0.15, 0.2) is 0 Å². The van der Waals surface area contributed by atoms with E-state index in [4.69, 9.17) is 10.5 Å². The summed E-state index contributed by atoms with van der Waals surface area (Å²) < 4.78 is 5.07. The fourth-order valence-corrected chi connectivity index (χ4v) is 1.85. The van der Waals surface area contributed by atoms with E-state index in [1.807, 2.05) is 6.92 Å². The number of piperazine rings is 1. The first-order chi connectivity index (χ1) is 6.66. The van der Waals surface area contributed by atoms with Crippen molar-refractivity contribution in [2.75, 3.05) is 33.4 Å². The molecule has 0 bridgehead atoms. The minimum atomic E-state index is -0.264. The Morgan fingerprint density at radius 1 is 1.79 bits per heavy atom. The van der Waals surface area contributed by atoms with E-state index in [0.717, 1.165) is 13.1 Å². The van der Waals surface area contributed by atoms with Gasteiger partial charge in [0.1, 0.15) is 6.04 Å². The van der Waals surface area contributed by atoms with Gasteiger partial charge >= 0.3 is 0 Å². The molecule has 1 rings (SSSR count). The molecule has 2 unspecified atom stereocenters. The molecule has 5 nitrogen and oxygen atoms in total. The molecule has 5 heteroatoms. The third-order valence-electron chi connectivity index (χ3n) is 2.59. The number of ether oxygens (including phenoxy) is 1. The van der Waals surface area contributed by atoms with Gasteiger partial charge in [-0.3, -0.25) is 9.69 Å². The van der Waals surface area contributed by atoms with Gasteiger partial charge in [0.25, 0.3) is 0 Å². The maximum absolute atomic E-state index is 11.2. The number of primary amides is 1. The van der Waals surface area contributed by atoms with E-state index < -0.39 is 0 Å². The van der Waals surface area contributed by atoms with Gasteiger partial charge in [-0.1, -0.05) is 0 Å². The fourth-order valence-electron chi connectivity index (χ4n) is 1.85. The molecule has 0 radical (unpaired) electrons. The van der Waals surface area contributed by atoms with Crippen molar-refractivity contribution in [3.8, 4) is 0 Å². The number of rotatable bonds is 4. The number of methoxy groups -OCH3 is 1. The highest BCUT2D eigenvalue weighted by Crippen LogP contribution is 2.08. The van der Waals surface area contributed by atoms with Gasteiger partial charge < -0.3 is 15.8 Å². The maximum atomic E-state index is 11.2. The monoisotopic (exact) mass is 201 g/mol. The first kappa shape index (κ1) is 11.4. The Kier molecular flexibility index (Phi) is 4.31. The molecule has 1 heterocycles. The highest BCUT2D eigenvalue weighted by atomic mass is 16.5. The third-order valence-corrected chi connectivity index (χ3v) is 2.59. The van der Waals surface area contributed by atoms with Crippen molar-refractivity contribution in [2.24, 2.45) is 5.73 Å². The van der Waals surface area contributed by atoms with Gasteiger partial charge in [0, 0.05) is 32.8 Å². The van der Waals surface area contributed by atoms with Gasteiger partial charge in [0.05, 0.1) is 6.61 Å². The van der Waals surface area contributed by atoms with Crippen LogP contribution in [0.3, 0.4) is 0 Å². The number of carbonyl (C=O) groups excluding carboxylic acids is 1. The second-order valence-corrected chi connectivity index (χ2v) is 3.66. The Bertz CT molecular complexity index is 198. The summed E-state index contributed by atoms with van der Waals surface area (Å²) in [6.07, 6.45) is 0. The molecule has 0 aromatic rings. The number of carbonyl (C=O) groups is 1. The molecule has 1 aliphatic heterocycles. The zero-order valence-corrected chi connectivity index (χ0v) is 8.82. The standard InChI is InChI=1S/C9H19N3O2/c1-7(6-14-2)12-4-3-11-5-8(12)9(10)13/h7-8,11H,3-6H2,1-2H3,(H2,10,13). The topological polar surface area (TPSA) is 67.6 Å². The molecule has 0 aromatic carbocycles. The lowest BCUT2D eigenvalue weighted by Crippen LogP contribution is -2.60. The molecule has 1 saturated heterocycles. The predicted molar refractivity (Wildman–Crippen MR) is 53.9 cm³/mol. The maximum Gasteiger partial charge on any atom is 0.236 e. The number of hydrogen-bond donors (Lipinski definition) is 2. The van der Waals surface area contributed by atoms with Crippen molar-refractivity contribution >= 4 is 5.91 Å². The van der Waals surface area contributed by atoms with Crippen LogP contribution < -0.4 is 11.1 Å². The van der Waals surface area contributed by atoms with Crippen LogP contribution in [0.4, 0.5) is 0 Å². The lowest BCUT2D eigenvalue weighted by atomic mass is 10.1. The molecule has 1 fully saturated rings. The van der Waals surface area contributed by atoms with Crippen LogP contribution >= 0.6 is 0 Å². The van der Waals surface area contributed by atoms with Crippen molar-refractivity contribution in [1.82, 2.24) is 10.2 Å². The molecule has 0 aliphatic carbocycles. The Morgan fingerprint density at radius 2 is 2.50 bits per heavy atom. The summed E-state index contributed by atoms with van der Waals surface area (Å²) in [5, 5.41) is 3.16. The van der Waals surface area contributed by atoms with Gasteiger partial charge in [0.2, 0.25) is 5.91 Å². The van der Waals surface area contributed by atoms with Crippen LogP contribution in [0.2, 0.25) is 0 Å². The minimum absolute atomic E-state index is 0.200. The van der Waals surface area contributed by atoms with Crippen molar-refractivity contribution < 1.29 is 9.53 Å². The minimum Gasteiger partial charge on any atom is -0.383 e. The Morgan fingerprint density at radius 3 is 3.07 bits per heavy atom. The van der Waals surface area contributed by atoms with Gasteiger partial charge in [-0.05, 0) is 6.92 Å². The largest absolute Gasteiger partial charge is 0.383 e. The van der Waals surface area contributed by atoms with Gasteiger partial charge in [-0.2, -0.15) is 0 Å². The molecule has 14 heavy (non-hydrogen) atoms. The van der Waals surface area contributed by atoms with Crippen molar-refractivity contribution in [3.05, 3.63) is 0 Å². The molecule has 3 N–H and O–H groups in total. The van der Waals surface area contributed by atoms with E-state index in [0.29, 0.717) is 13.2 Å². The normalized spacial score (nSPS) is 26.0. The molecule has 1 aliphatic rings. The van der Waals surface area contributed by atoms with Crippen molar-refractivity contribution in [3.63, 3.8) is 0 Å². The molecular weight excluding hydrogens is 182 g/mol. The SMILES string of the molecule is COCC(C)N1CCNCC1C(N)=O. The van der Waals surface area contributed by atoms with E-state index in [2.05, 4.69) is 10.2 Å². The second-order valence-electron chi connectivity index (χ2n) is 3.66. The Hall–Kier alpha value is -0.650. The van der Waals surface area contributed by atoms with Crippen molar-refractivity contribution in [2.45, 2.75) is 19.0 Å². The van der Waals surface area contributed by atoms with Crippen LogP contribution in [0.25, 0.3) is 0 Å². The van der Waals surface area contributed by atoms with Crippen LogP contribution in [-0.4, -0.2) is 56.2 Å². The average molecular weight is 201 g/mol. The molecule has 0 saturated carbocycles. The zero-order chi connectivity index (χ0) is 10.6. The highest BCUT2D eigenvalue weighted by molar-refractivity contribution is 5.80. The molecule has 82 valence electrons. The summed E-state index contributed by atoms with van der Waals surface area (Å²) >= 11 is 0. The molecule has 0 aromatic heterocycles. The number of nitrogens with one attached hydrogen (secondary N) is 1. The van der Waals surface area contributed by atoms with E-state index in [9.17, 15) is 4.79 Å². The van der Waals surface area contributed by atoms with E-state index >= 15 is 0 Å². The number of nitrogens with zero attached hydrogens (tertiary/aromatic N) is 1. The predicted octanol–water partition coefficient (Wildman–Crippen LogP) is -1.22. The first-order valence-electron chi connectivity index (χ1n) is 4.91. The lowest BCUT2D eigenvalue weighted by Gasteiger charge is -2.38. The van der Waals surface area contributed by atoms with Gasteiger partial charge in [0.15, 0.2) is 0 Å². The van der Waals surface area contributed by atoms with Crippen LogP contribution in [0.5, 0.6) is 0 Å². The second kappa shape index (κ2) is 5.29. The van der Waals surface area contributed by atoms with Crippen molar-refractivity contribution in [1.29, 1.82) is 0 Å². The highest BCUT2D eigenvalue weighted by Gasteiger charge is 2.29. The van der Waals surface area contributed by atoms with E-state index in [1.165, 1.54) is 0 Å². The summed E-state index contributed by atoms with van der Waals surface area (Å²) in [4.78, 5) is 13.3. The third kappa shape index (κ3) is 2.67. The van der Waals surface area contributed by atoms with Crippen LogP contribution in [0, 0.1) is 0 Å². The fraction of sp³-hybridized carbons (Fsp3) is 0.889. The number of hydrogen-bond acceptors (Lipinski definition) is 4. The Labute approximate surface area is 84.6 Å². The molecule has 2 atom stereocenters.